The summed E-state index contributed by atoms with van der Waals surface area (Å²) in [5.74, 6) is 0. The standard InChI is InChI=1S/C9H15N3O2S2/c1-15-9-4-2-3-8(7-9)12-16(13,14)11-6-5-10/h2-4,7,11-12H,5-6,10H2,1H3. The summed E-state index contributed by atoms with van der Waals surface area (Å²) in [4.78, 5) is 0.999. The monoisotopic (exact) mass is 261 g/mol. The molecule has 1 aromatic carbocycles. The molecule has 0 aliphatic heterocycles. The predicted molar refractivity (Wildman–Crippen MR) is 67.8 cm³/mol. The van der Waals surface area contributed by atoms with E-state index in [1.807, 2.05) is 12.3 Å². The fourth-order valence-electron chi connectivity index (χ4n) is 1.07. The Bertz CT molecular complexity index is 434. The molecule has 0 amide bonds. The first-order valence-electron chi connectivity index (χ1n) is 4.69. The van der Waals surface area contributed by atoms with Gasteiger partial charge in [0.25, 0.3) is 10.2 Å². The van der Waals surface area contributed by atoms with Crippen LogP contribution in [0, 0.1) is 0 Å². The zero-order chi connectivity index (χ0) is 12.0. The van der Waals surface area contributed by atoms with Gasteiger partial charge in [-0.05, 0) is 24.5 Å². The van der Waals surface area contributed by atoms with Gasteiger partial charge in [0.05, 0.1) is 5.69 Å². The normalized spacial score (nSPS) is 11.4. The summed E-state index contributed by atoms with van der Waals surface area (Å²) in [6, 6.07) is 7.18. The maximum atomic E-state index is 11.5. The third-order valence-electron chi connectivity index (χ3n) is 1.76. The van der Waals surface area contributed by atoms with E-state index in [-0.39, 0.29) is 13.1 Å². The second kappa shape index (κ2) is 6.09. The van der Waals surface area contributed by atoms with Gasteiger partial charge in [-0.2, -0.15) is 13.1 Å². The SMILES string of the molecule is CSc1cccc(NS(=O)(=O)NCCN)c1. The molecule has 0 aliphatic rings. The Labute approximate surface area is 100.0 Å². The van der Waals surface area contributed by atoms with Crippen LogP contribution in [-0.4, -0.2) is 27.8 Å². The van der Waals surface area contributed by atoms with E-state index in [2.05, 4.69) is 9.44 Å². The van der Waals surface area contributed by atoms with E-state index in [4.69, 9.17) is 5.73 Å². The van der Waals surface area contributed by atoms with Crippen molar-refractivity contribution in [2.45, 2.75) is 4.90 Å². The average molecular weight is 261 g/mol. The lowest BCUT2D eigenvalue weighted by Crippen LogP contribution is -2.33. The fraction of sp³-hybridized carbons (Fsp3) is 0.333. The number of hydrogen-bond acceptors (Lipinski definition) is 4. The summed E-state index contributed by atoms with van der Waals surface area (Å²) in [5.41, 5.74) is 5.75. The van der Waals surface area contributed by atoms with E-state index in [1.54, 1.807) is 30.0 Å². The highest BCUT2D eigenvalue weighted by Crippen LogP contribution is 2.19. The highest BCUT2D eigenvalue weighted by atomic mass is 32.2. The zero-order valence-electron chi connectivity index (χ0n) is 8.93. The van der Waals surface area contributed by atoms with Crippen LogP contribution in [0.15, 0.2) is 29.2 Å². The summed E-state index contributed by atoms with van der Waals surface area (Å²) in [5, 5.41) is 0. The molecule has 0 bridgehead atoms. The summed E-state index contributed by atoms with van der Waals surface area (Å²) >= 11 is 1.55. The van der Waals surface area contributed by atoms with Crippen LogP contribution in [0.1, 0.15) is 0 Å². The number of rotatable bonds is 6. The molecule has 5 nitrogen and oxygen atoms in total. The van der Waals surface area contributed by atoms with Gasteiger partial charge in [0.15, 0.2) is 0 Å². The molecule has 0 atom stereocenters. The molecule has 0 saturated carbocycles. The molecule has 0 fully saturated rings. The smallest absolute Gasteiger partial charge is 0.299 e. The largest absolute Gasteiger partial charge is 0.329 e. The molecule has 1 rings (SSSR count). The van der Waals surface area contributed by atoms with E-state index in [0.29, 0.717) is 5.69 Å². The maximum Gasteiger partial charge on any atom is 0.299 e. The average Bonchev–Trinajstić information content (AvgIpc) is 2.26. The summed E-state index contributed by atoms with van der Waals surface area (Å²) in [6.45, 7) is 0.489. The van der Waals surface area contributed by atoms with E-state index in [1.165, 1.54) is 0 Å². The van der Waals surface area contributed by atoms with Crippen LogP contribution >= 0.6 is 11.8 Å². The van der Waals surface area contributed by atoms with Crippen molar-refractivity contribution in [3.63, 3.8) is 0 Å². The van der Waals surface area contributed by atoms with Crippen LogP contribution in [0.25, 0.3) is 0 Å². The Kier molecular flexibility index (Phi) is 5.07. The molecule has 16 heavy (non-hydrogen) atoms. The van der Waals surface area contributed by atoms with Crippen molar-refractivity contribution in [3.05, 3.63) is 24.3 Å². The van der Waals surface area contributed by atoms with Gasteiger partial charge in [-0.15, -0.1) is 11.8 Å². The van der Waals surface area contributed by atoms with Crippen molar-refractivity contribution < 1.29 is 8.42 Å². The zero-order valence-corrected chi connectivity index (χ0v) is 10.6. The predicted octanol–water partition coefficient (Wildman–Crippen LogP) is 0.614. The van der Waals surface area contributed by atoms with E-state index in [0.717, 1.165) is 4.90 Å². The first kappa shape index (κ1) is 13.3. The van der Waals surface area contributed by atoms with Crippen molar-refractivity contribution in [2.24, 2.45) is 5.73 Å². The third kappa shape index (κ3) is 4.40. The van der Waals surface area contributed by atoms with Gasteiger partial charge in [0.1, 0.15) is 0 Å². The van der Waals surface area contributed by atoms with Crippen molar-refractivity contribution in [1.29, 1.82) is 0 Å². The second-order valence-corrected chi connectivity index (χ2v) is 5.40. The molecule has 0 saturated heterocycles. The molecular formula is C9H15N3O2S2. The first-order chi connectivity index (χ1) is 7.57. The van der Waals surface area contributed by atoms with Crippen LogP contribution in [0.5, 0.6) is 0 Å². The number of thioether (sulfide) groups is 1. The van der Waals surface area contributed by atoms with Gasteiger partial charge in [-0.1, -0.05) is 6.07 Å². The molecule has 1 aromatic rings. The third-order valence-corrected chi connectivity index (χ3v) is 3.57. The minimum Gasteiger partial charge on any atom is -0.329 e. The lowest BCUT2D eigenvalue weighted by Gasteiger charge is -2.09. The van der Waals surface area contributed by atoms with Crippen LogP contribution in [-0.2, 0) is 10.2 Å². The molecule has 0 unspecified atom stereocenters. The molecule has 90 valence electrons. The Hall–Kier alpha value is -0.760. The number of benzene rings is 1. The number of nitrogens with two attached hydrogens (primary N) is 1. The number of nitrogens with one attached hydrogen (secondary N) is 2. The molecule has 0 spiro atoms. The molecule has 0 heterocycles. The highest BCUT2D eigenvalue weighted by Gasteiger charge is 2.08. The molecule has 7 heteroatoms. The Morgan fingerprint density at radius 2 is 2.19 bits per heavy atom. The minimum absolute atomic E-state index is 0.220. The fourth-order valence-corrected chi connectivity index (χ4v) is 2.43. The van der Waals surface area contributed by atoms with Crippen molar-refractivity contribution in [2.75, 3.05) is 24.1 Å². The Morgan fingerprint density at radius 3 is 2.81 bits per heavy atom. The summed E-state index contributed by atoms with van der Waals surface area (Å²) in [7, 11) is -3.51. The highest BCUT2D eigenvalue weighted by molar-refractivity contribution is 7.98. The molecular weight excluding hydrogens is 246 g/mol. The topological polar surface area (TPSA) is 84.2 Å². The lowest BCUT2D eigenvalue weighted by molar-refractivity contribution is 0.587. The minimum atomic E-state index is -3.51. The van der Waals surface area contributed by atoms with Gasteiger partial charge in [0, 0.05) is 18.0 Å². The van der Waals surface area contributed by atoms with Gasteiger partial charge in [-0.25, -0.2) is 0 Å². The van der Waals surface area contributed by atoms with Crippen LogP contribution in [0.2, 0.25) is 0 Å². The summed E-state index contributed by atoms with van der Waals surface area (Å²) < 4.78 is 27.7. The first-order valence-corrected chi connectivity index (χ1v) is 7.40. The number of hydrogen-bond donors (Lipinski definition) is 3. The Balaban J connectivity index is 2.72. The second-order valence-electron chi connectivity index (χ2n) is 3.02. The molecule has 0 aromatic heterocycles. The van der Waals surface area contributed by atoms with E-state index in [9.17, 15) is 8.42 Å². The van der Waals surface area contributed by atoms with E-state index >= 15 is 0 Å². The molecule has 0 radical (unpaired) electrons. The van der Waals surface area contributed by atoms with Crippen molar-refractivity contribution in [3.8, 4) is 0 Å². The van der Waals surface area contributed by atoms with Crippen LogP contribution < -0.4 is 15.2 Å². The quantitative estimate of drug-likeness (QED) is 0.655. The lowest BCUT2D eigenvalue weighted by atomic mass is 10.3. The van der Waals surface area contributed by atoms with Gasteiger partial charge < -0.3 is 5.73 Å². The molecule has 4 N–H and O–H groups in total. The van der Waals surface area contributed by atoms with Crippen LogP contribution in [0.3, 0.4) is 0 Å². The van der Waals surface area contributed by atoms with Crippen molar-refractivity contribution in [1.82, 2.24) is 4.72 Å². The number of anilines is 1. The van der Waals surface area contributed by atoms with Gasteiger partial charge in [0.2, 0.25) is 0 Å². The van der Waals surface area contributed by atoms with Crippen molar-refractivity contribution >= 4 is 27.7 Å². The van der Waals surface area contributed by atoms with Gasteiger partial charge in [-0.3, -0.25) is 4.72 Å². The maximum absolute atomic E-state index is 11.5. The Morgan fingerprint density at radius 1 is 1.44 bits per heavy atom. The summed E-state index contributed by atoms with van der Waals surface area (Å²) in [6.07, 6.45) is 1.93. The van der Waals surface area contributed by atoms with Gasteiger partial charge >= 0.3 is 0 Å². The van der Waals surface area contributed by atoms with Crippen LogP contribution in [0.4, 0.5) is 5.69 Å². The van der Waals surface area contributed by atoms with E-state index < -0.39 is 10.2 Å². The molecule has 0 aliphatic carbocycles.